The lowest BCUT2D eigenvalue weighted by Gasteiger charge is -2.14. The van der Waals surface area contributed by atoms with Crippen molar-refractivity contribution in [2.75, 3.05) is 0 Å². The Balaban J connectivity index is 2.36. The van der Waals surface area contributed by atoms with Gasteiger partial charge in [-0.2, -0.15) is 4.40 Å². The number of hydrogen-bond donors (Lipinski definition) is 0. The molecule has 23 heavy (non-hydrogen) atoms. The van der Waals surface area contributed by atoms with E-state index in [-0.39, 0.29) is 4.75 Å². The third-order valence-corrected chi connectivity index (χ3v) is 4.70. The van der Waals surface area contributed by atoms with Crippen molar-refractivity contribution in [3.63, 3.8) is 0 Å². The summed E-state index contributed by atoms with van der Waals surface area (Å²) in [6, 6.07) is 18.1. The van der Waals surface area contributed by atoms with Gasteiger partial charge in [-0.1, -0.05) is 66.2 Å². The first-order chi connectivity index (χ1) is 10.9. The number of nitrogens with zero attached hydrogens (tertiary/aromatic N) is 1. The van der Waals surface area contributed by atoms with E-state index in [1.54, 1.807) is 0 Å². The monoisotopic (exact) mass is 325 g/mol. The predicted octanol–water partition coefficient (Wildman–Crippen LogP) is 4.96. The first-order valence-electron chi connectivity index (χ1n) is 7.67. The molecule has 120 valence electrons. The highest BCUT2D eigenvalue weighted by Gasteiger charge is 2.19. The van der Waals surface area contributed by atoms with Crippen LogP contribution >= 0.6 is 0 Å². The SMILES string of the molecule is Cc1ccc(/C=C\C(=N\S(=O)C(C)(C)C)c2ccccc2)cc1. The Morgan fingerprint density at radius 1 is 1.00 bits per heavy atom. The molecule has 0 bridgehead atoms. The molecule has 2 rings (SSSR count). The molecule has 0 aliphatic carbocycles. The van der Waals surface area contributed by atoms with Gasteiger partial charge in [-0.05, 0) is 39.3 Å². The fourth-order valence-electron chi connectivity index (χ4n) is 1.87. The van der Waals surface area contributed by atoms with Crippen LogP contribution in [0.1, 0.15) is 37.5 Å². The van der Waals surface area contributed by atoms with Crippen LogP contribution in [-0.2, 0) is 11.0 Å². The Hall–Kier alpha value is -2.00. The highest BCUT2D eigenvalue weighted by molar-refractivity contribution is 7.85. The topological polar surface area (TPSA) is 29.4 Å². The van der Waals surface area contributed by atoms with Crippen molar-refractivity contribution in [3.05, 3.63) is 77.4 Å². The number of hydrogen-bond acceptors (Lipinski definition) is 1. The van der Waals surface area contributed by atoms with Gasteiger partial charge in [-0.3, -0.25) is 0 Å². The van der Waals surface area contributed by atoms with Crippen molar-refractivity contribution >= 4 is 22.8 Å². The van der Waals surface area contributed by atoms with Crippen molar-refractivity contribution < 1.29 is 4.21 Å². The zero-order valence-corrected chi connectivity index (χ0v) is 14.9. The van der Waals surface area contributed by atoms with Crippen molar-refractivity contribution in [2.24, 2.45) is 4.40 Å². The summed E-state index contributed by atoms with van der Waals surface area (Å²) < 4.78 is 16.5. The van der Waals surface area contributed by atoms with Crippen LogP contribution in [0.4, 0.5) is 0 Å². The van der Waals surface area contributed by atoms with Gasteiger partial charge in [0.25, 0.3) is 0 Å². The maximum Gasteiger partial charge on any atom is 0.145 e. The van der Waals surface area contributed by atoms with E-state index < -0.39 is 11.0 Å². The van der Waals surface area contributed by atoms with Gasteiger partial charge in [0.05, 0.1) is 10.5 Å². The standard InChI is InChI=1S/C20H23NOS/c1-16-10-12-17(13-11-16)14-15-19(18-8-6-5-7-9-18)21-23(22)20(2,3)4/h5-15H,1-4H3/b15-14-,21-19-. The molecule has 3 heteroatoms. The Morgan fingerprint density at radius 2 is 1.61 bits per heavy atom. The molecular weight excluding hydrogens is 302 g/mol. The highest BCUT2D eigenvalue weighted by Crippen LogP contribution is 2.15. The third kappa shape index (κ3) is 5.29. The number of rotatable bonds is 4. The molecule has 2 aromatic carbocycles. The fraction of sp³-hybridized carbons (Fsp3) is 0.250. The van der Waals surface area contributed by atoms with E-state index in [1.165, 1.54) is 5.56 Å². The Morgan fingerprint density at radius 3 is 2.17 bits per heavy atom. The minimum Gasteiger partial charge on any atom is -0.234 e. The van der Waals surface area contributed by atoms with Crippen LogP contribution in [0.5, 0.6) is 0 Å². The summed E-state index contributed by atoms with van der Waals surface area (Å²) in [6.07, 6.45) is 3.94. The molecule has 0 fully saturated rings. The Labute approximate surface area is 141 Å². The van der Waals surface area contributed by atoms with Gasteiger partial charge < -0.3 is 0 Å². The molecular formula is C20H23NOS. The molecule has 2 aromatic rings. The van der Waals surface area contributed by atoms with Crippen molar-refractivity contribution in [3.8, 4) is 0 Å². The quantitative estimate of drug-likeness (QED) is 0.731. The summed E-state index contributed by atoms with van der Waals surface area (Å²) >= 11 is 0. The summed E-state index contributed by atoms with van der Waals surface area (Å²) in [5.41, 5.74) is 4.03. The van der Waals surface area contributed by atoms with Crippen molar-refractivity contribution in [1.29, 1.82) is 0 Å². The van der Waals surface area contributed by atoms with Crippen molar-refractivity contribution in [2.45, 2.75) is 32.4 Å². The van der Waals surface area contributed by atoms with Crippen LogP contribution < -0.4 is 0 Å². The summed E-state index contributed by atoms with van der Waals surface area (Å²) in [5, 5.41) is 0. The molecule has 0 saturated heterocycles. The predicted molar refractivity (Wildman–Crippen MR) is 101 cm³/mol. The lowest BCUT2D eigenvalue weighted by molar-refractivity contribution is 0.650. The second kappa shape index (κ2) is 7.51. The largest absolute Gasteiger partial charge is 0.234 e. The minimum absolute atomic E-state index is 0.377. The molecule has 2 nitrogen and oxygen atoms in total. The molecule has 0 saturated carbocycles. The summed E-state index contributed by atoms with van der Waals surface area (Å²) in [4.78, 5) is 0. The zero-order valence-electron chi connectivity index (χ0n) is 14.1. The van der Waals surface area contributed by atoms with Gasteiger partial charge in [0.1, 0.15) is 11.0 Å². The number of allylic oxidation sites excluding steroid dienone is 1. The number of benzene rings is 2. The average molecular weight is 325 g/mol. The van der Waals surface area contributed by atoms with Gasteiger partial charge in [-0.25, -0.2) is 4.21 Å². The summed E-state index contributed by atoms with van der Waals surface area (Å²) in [7, 11) is -1.29. The fourth-order valence-corrected chi connectivity index (χ4v) is 2.49. The first-order valence-corrected chi connectivity index (χ1v) is 8.78. The maximum absolute atomic E-state index is 12.4. The minimum atomic E-state index is -1.29. The molecule has 0 radical (unpaired) electrons. The van der Waals surface area contributed by atoms with E-state index in [4.69, 9.17) is 0 Å². The van der Waals surface area contributed by atoms with Gasteiger partial charge >= 0.3 is 0 Å². The van der Waals surface area contributed by atoms with E-state index in [2.05, 4.69) is 35.6 Å². The highest BCUT2D eigenvalue weighted by atomic mass is 32.2. The van der Waals surface area contributed by atoms with E-state index in [0.29, 0.717) is 0 Å². The number of aryl methyl sites for hydroxylation is 1. The van der Waals surface area contributed by atoms with Crippen molar-refractivity contribution in [1.82, 2.24) is 0 Å². The smallest absolute Gasteiger partial charge is 0.145 e. The lowest BCUT2D eigenvalue weighted by atomic mass is 10.1. The van der Waals surface area contributed by atoms with Gasteiger partial charge in [0, 0.05) is 5.56 Å². The molecule has 0 spiro atoms. The van der Waals surface area contributed by atoms with Crippen LogP contribution in [0.25, 0.3) is 6.08 Å². The molecule has 1 atom stereocenters. The van der Waals surface area contributed by atoms with Crippen LogP contribution in [0.3, 0.4) is 0 Å². The van der Waals surface area contributed by atoms with Gasteiger partial charge in [0.15, 0.2) is 0 Å². The lowest BCUT2D eigenvalue weighted by Crippen LogP contribution is -2.20. The van der Waals surface area contributed by atoms with E-state index >= 15 is 0 Å². The second-order valence-corrected chi connectivity index (χ2v) is 8.35. The molecule has 0 N–H and O–H groups in total. The first kappa shape index (κ1) is 17.4. The van der Waals surface area contributed by atoms with E-state index in [1.807, 2.05) is 63.3 Å². The van der Waals surface area contributed by atoms with Crippen LogP contribution in [0.15, 0.2) is 65.1 Å². The Kier molecular flexibility index (Phi) is 5.67. The Bertz CT molecular complexity index is 722. The molecule has 0 amide bonds. The molecule has 0 heterocycles. The van der Waals surface area contributed by atoms with Crippen LogP contribution in [0.2, 0.25) is 0 Å². The molecule has 1 unspecified atom stereocenters. The van der Waals surface area contributed by atoms with E-state index in [9.17, 15) is 4.21 Å². The van der Waals surface area contributed by atoms with E-state index in [0.717, 1.165) is 16.8 Å². The summed E-state index contributed by atoms with van der Waals surface area (Å²) in [6.45, 7) is 7.85. The molecule has 0 aromatic heterocycles. The second-order valence-electron chi connectivity index (χ2n) is 6.45. The van der Waals surface area contributed by atoms with Crippen LogP contribution in [-0.4, -0.2) is 14.7 Å². The summed E-state index contributed by atoms with van der Waals surface area (Å²) in [5.74, 6) is 0. The molecule has 0 aliphatic heterocycles. The third-order valence-electron chi connectivity index (χ3n) is 3.29. The zero-order chi connectivity index (χ0) is 16.9. The maximum atomic E-state index is 12.4. The molecule has 0 aliphatic rings. The van der Waals surface area contributed by atoms with Crippen LogP contribution in [0, 0.1) is 6.92 Å². The normalized spacial score (nSPS) is 14.2. The van der Waals surface area contributed by atoms with Gasteiger partial charge in [0.2, 0.25) is 0 Å². The average Bonchev–Trinajstić information content (AvgIpc) is 2.52. The van der Waals surface area contributed by atoms with Gasteiger partial charge in [-0.15, -0.1) is 0 Å².